The molecular weight excluding hydrogens is 530 g/mol. The number of hydrogen-bond donors (Lipinski definition) is 1. The Morgan fingerprint density at radius 2 is 1.49 bits per heavy atom. The zero-order chi connectivity index (χ0) is 28.5. The van der Waals surface area contributed by atoms with Crippen molar-refractivity contribution in [3.8, 4) is 0 Å². The number of nitrogens with zero attached hydrogens (tertiary/aromatic N) is 3. The van der Waals surface area contributed by atoms with Crippen LogP contribution in [-0.2, 0) is 17.1 Å². The third-order valence-corrected chi connectivity index (χ3v) is 7.40. The lowest BCUT2D eigenvalue weighted by atomic mass is 9.94. The molecule has 1 atom stereocenters. The van der Waals surface area contributed by atoms with Crippen LogP contribution in [0, 0.1) is 16.0 Å². The molecule has 1 amide bonds. The van der Waals surface area contributed by atoms with Gasteiger partial charge in [0.2, 0.25) is 5.91 Å². The highest BCUT2D eigenvalue weighted by molar-refractivity contribution is 5.96. The molecule has 0 radical (unpaired) electrons. The monoisotopic (exact) mass is 558 g/mol. The number of nitrogens with one attached hydrogen (secondary N) is 1. The Balaban J connectivity index is 1.50. The highest BCUT2D eigenvalue weighted by Gasteiger charge is 2.36. The molecule has 212 valence electrons. The van der Waals surface area contributed by atoms with E-state index in [0.717, 1.165) is 43.5 Å². The van der Waals surface area contributed by atoms with Gasteiger partial charge < -0.3 is 15.1 Å². The molecule has 0 saturated carbocycles. The van der Waals surface area contributed by atoms with Gasteiger partial charge in [0.1, 0.15) is 5.69 Å². The van der Waals surface area contributed by atoms with Gasteiger partial charge in [-0.1, -0.05) is 0 Å². The highest BCUT2D eigenvalue weighted by atomic mass is 19.4. The number of halogens is 6. The minimum atomic E-state index is -4.73. The summed E-state index contributed by atoms with van der Waals surface area (Å²) in [5.41, 5.74) is -2.09. The summed E-state index contributed by atoms with van der Waals surface area (Å²) in [6.07, 6.45) is -6.11. The van der Waals surface area contributed by atoms with Gasteiger partial charge in [-0.15, -0.1) is 0 Å². The maximum Gasteiger partial charge on any atom is 0.416 e. The minimum absolute atomic E-state index is 0.0195. The van der Waals surface area contributed by atoms with Crippen LogP contribution < -0.4 is 15.1 Å². The Labute approximate surface area is 220 Å². The molecular formula is C26H28F6N4O3. The van der Waals surface area contributed by atoms with Crippen molar-refractivity contribution in [2.24, 2.45) is 5.92 Å². The van der Waals surface area contributed by atoms with Crippen LogP contribution in [0.5, 0.6) is 0 Å². The third kappa shape index (κ3) is 6.39. The number of carbonyl (C=O) groups excluding carboxylic acids is 1. The maximum atomic E-state index is 13.5. The van der Waals surface area contributed by atoms with Crippen LogP contribution in [0.3, 0.4) is 0 Å². The molecule has 0 spiro atoms. The molecule has 2 saturated heterocycles. The lowest BCUT2D eigenvalue weighted by Crippen LogP contribution is -2.40. The molecule has 2 aromatic carbocycles. The van der Waals surface area contributed by atoms with Crippen molar-refractivity contribution in [2.45, 2.75) is 57.4 Å². The number of piperidine rings is 2. The van der Waals surface area contributed by atoms with Crippen molar-refractivity contribution in [3.63, 3.8) is 0 Å². The molecule has 0 aromatic heterocycles. The highest BCUT2D eigenvalue weighted by Crippen LogP contribution is 2.40. The Kier molecular flexibility index (Phi) is 7.99. The van der Waals surface area contributed by atoms with Crippen LogP contribution in [0.15, 0.2) is 36.4 Å². The Hall–Kier alpha value is -3.51. The molecule has 2 aromatic rings. The lowest BCUT2D eigenvalue weighted by molar-refractivity contribution is -0.384. The van der Waals surface area contributed by atoms with E-state index < -0.39 is 45.9 Å². The molecule has 0 aliphatic carbocycles. The van der Waals surface area contributed by atoms with Gasteiger partial charge in [0.05, 0.1) is 27.4 Å². The van der Waals surface area contributed by atoms with Crippen LogP contribution in [0.4, 0.5) is 49.1 Å². The van der Waals surface area contributed by atoms with Gasteiger partial charge in [-0.3, -0.25) is 14.9 Å². The normalized spacial score (nSPS) is 19.2. The van der Waals surface area contributed by atoms with Gasteiger partial charge in [0, 0.05) is 37.7 Å². The third-order valence-electron chi connectivity index (χ3n) is 7.40. The molecule has 4 rings (SSSR count). The van der Waals surface area contributed by atoms with E-state index in [9.17, 15) is 41.3 Å². The summed E-state index contributed by atoms with van der Waals surface area (Å²) in [5.74, 6) is -1.06. The van der Waals surface area contributed by atoms with E-state index in [0.29, 0.717) is 18.3 Å². The summed E-state index contributed by atoms with van der Waals surface area (Å²) in [6.45, 7) is 2.95. The molecule has 13 heteroatoms. The van der Waals surface area contributed by atoms with Gasteiger partial charge >= 0.3 is 12.4 Å². The van der Waals surface area contributed by atoms with Crippen LogP contribution in [0.2, 0.25) is 0 Å². The quantitative estimate of drug-likeness (QED) is 0.246. The molecule has 2 fully saturated rings. The molecule has 0 bridgehead atoms. The molecule has 7 nitrogen and oxygen atoms in total. The zero-order valence-electron chi connectivity index (χ0n) is 21.1. The minimum Gasteiger partial charge on any atom is -0.367 e. The summed E-state index contributed by atoms with van der Waals surface area (Å²) in [5, 5.41) is 14.2. The number of hydrogen-bond acceptors (Lipinski definition) is 5. The molecule has 1 N–H and O–H groups in total. The van der Waals surface area contributed by atoms with Gasteiger partial charge in [-0.25, -0.2) is 0 Å². The van der Waals surface area contributed by atoms with E-state index >= 15 is 0 Å². The van der Waals surface area contributed by atoms with Crippen molar-refractivity contribution >= 4 is 28.7 Å². The van der Waals surface area contributed by atoms with Crippen molar-refractivity contribution < 1.29 is 36.1 Å². The maximum absolute atomic E-state index is 13.5. The van der Waals surface area contributed by atoms with E-state index in [-0.39, 0.29) is 43.3 Å². The first-order chi connectivity index (χ1) is 18.3. The van der Waals surface area contributed by atoms with Crippen molar-refractivity contribution in [2.75, 3.05) is 34.8 Å². The molecule has 2 aliphatic rings. The van der Waals surface area contributed by atoms with Gasteiger partial charge in [0.15, 0.2) is 0 Å². The van der Waals surface area contributed by atoms with Gasteiger partial charge in [-0.05, 0) is 69.4 Å². The fourth-order valence-electron chi connectivity index (χ4n) is 5.25. The predicted molar refractivity (Wildman–Crippen MR) is 134 cm³/mol. The van der Waals surface area contributed by atoms with Crippen LogP contribution in [0.25, 0.3) is 0 Å². The SMILES string of the molecule is C[C@@H]1CCCCN1c1ccc(C(F)(F)F)cc1NC(=O)C1CCN(c2ccc(C(F)(F)F)cc2[N+](=O)[O-])CC1. The fraction of sp³-hybridized carbons (Fsp3) is 0.500. The molecule has 2 aliphatic heterocycles. The van der Waals surface area contributed by atoms with Crippen molar-refractivity contribution in [3.05, 3.63) is 57.6 Å². The standard InChI is InChI=1S/C26H28F6N4O3/c1-16-4-2-3-11-35(16)21-7-5-18(25(27,28)29)14-20(21)33-24(37)17-9-12-34(13-10-17)22-8-6-19(26(30,31)32)15-23(22)36(38)39/h5-8,14-17H,2-4,9-13H2,1H3,(H,33,37)/t16-/m1/s1. The summed E-state index contributed by atoms with van der Waals surface area (Å²) in [7, 11) is 0. The molecule has 39 heavy (non-hydrogen) atoms. The fourth-order valence-corrected chi connectivity index (χ4v) is 5.25. The Bertz CT molecular complexity index is 1230. The summed E-state index contributed by atoms with van der Waals surface area (Å²) >= 11 is 0. The summed E-state index contributed by atoms with van der Waals surface area (Å²) in [6, 6.07) is 5.73. The Morgan fingerprint density at radius 3 is 2.05 bits per heavy atom. The lowest BCUT2D eigenvalue weighted by Gasteiger charge is -2.37. The zero-order valence-corrected chi connectivity index (χ0v) is 21.1. The smallest absolute Gasteiger partial charge is 0.367 e. The topological polar surface area (TPSA) is 78.7 Å². The first-order valence-corrected chi connectivity index (χ1v) is 12.6. The number of nitro benzene ring substituents is 1. The second kappa shape index (κ2) is 10.9. The van der Waals surface area contributed by atoms with Crippen LogP contribution >= 0.6 is 0 Å². The van der Waals surface area contributed by atoms with Gasteiger partial charge in [0.25, 0.3) is 5.69 Å². The molecule has 0 unspecified atom stereocenters. The average molecular weight is 559 g/mol. The second-order valence-electron chi connectivity index (χ2n) is 9.98. The van der Waals surface area contributed by atoms with E-state index in [2.05, 4.69) is 5.32 Å². The number of carbonyl (C=O) groups is 1. The number of rotatable bonds is 5. The largest absolute Gasteiger partial charge is 0.416 e. The number of anilines is 3. The van der Waals surface area contributed by atoms with Crippen molar-refractivity contribution in [1.82, 2.24) is 0 Å². The predicted octanol–water partition coefficient (Wildman–Crippen LogP) is 6.87. The van der Waals surface area contributed by atoms with Crippen LogP contribution in [-0.4, -0.2) is 36.5 Å². The van der Waals surface area contributed by atoms with Crippen LogP contribution in [0.1, 0.15) is 50.2 Å². The first kappa shape index (κ1) is 28.5. The van der Waals surface area contributed by atoms with Gasteiger partial charge in [-0.2, -0.15) is 26.3 Å². The Morgan fingerprint density at radius 1 is 0.897 bits per heavy atom. The number of alkyl halides is 6. The summed E-state index contributed by atoms with van der Waals surface area (Å²) < 4.78 is 79.5. The summed E-state index contributed by atoms with van der Waals surface area (Å²) in [4.78, 5) is 27.3. The molecule has 2 heterocycles. The van der Waals surface area contributed by atoms with E-state index in [1.165, 1.54) is 6.07 Å². The van der Waals surface area contributed by atoms with E-state index in [4.69, 9.17) is 0 Å². The number of amides is 1. The van der Waals surface area contributed by atoms with Crippen molar-refractivity contribution in [1.29, 1.82) is 0 Å². The number of nitro groups is 1. The van der Waals surface area contributed by atoms with E-state index in [1.54, 1.807) is 4.90 Å². The number of benzene rings is 2. The second-order valence-corrected chi connectivity index (χ2v) is 9.98. The first-order valence-electron chi connectivity index (χ1n) is 12.6. The average Bonchev–Trinajstić information content (AvgIpc) is 2.88. The van der Waals surface area contributed by atoms with E-state index in [1.807, 2.05) is 11.8 Å².